The van der Waals surface area contributed by atoms with Crippen molar-refractivity contribution in [3.05, 3.63) is 80.7 Å². The van der Waals surface area contributed by atoms with Crippen LogP contribution in [0.2, 0.25) is 0 Å². The Labute approximate surface area is 185 Å². The van der Waals surface area contributed by atoms with Crippen LogP contribution in [-0.2, 0) is 10.0 Å². The number of nitrogens with zero attached hydrogens (tertiary/aromatic N) is 4. The van der Waals surface area contributed by atoms with Gasteiger partial charge in [-0.25, -0.2) is 18.4 Å². The van der Waals surface area contributed by atoms with Gasteiger partial charge in [0, 0.05) is 23.9 Å². The number of amides is 1. The highest BCUT2D eigenvalue weighted by atomic mass is 32.2. The second kappa shape index (κ2) is 9.23. The van der Waals surface area contributed by atoms with Crippen LogP contribution in [0.3, 0.4) is 0 Å². The van der Waals surface area contributed by atoms with Crippen molar-refractivity contribution in [1.82, 2.24) is 9.97 Å². The van der Waals surface area contributed by atoms with Gasteiger partial charge in [-0.2, -0.15) is 0 Å². The lowest BCUT2D eigenvalue weighted by Crippen LogP contribution is -2.15. The molecule has 0 bridgehead atoms. The Morgan fingerprint density at radius 1 is 0.970 bits per heavy atom. The molecular formula is C18H14N6O8S. The second-order valence-corrected chi connectivity index (χ2v) is 7.96. The minimum Gasteiger partial charge on any atom is -0.481 e. The molecule has 1 amide bonds. The molecule has 0 aliphatic rings. The summed E-state index contributed by atoms with van der Waals surface area (Å²) in [6, 6.07) is 8.75. The first-order chi connectivity index (χ1) is 15.6. The van der Waals surface area contributed by atoms with Gasteiger partial charge in [-0.05, 0) is 24.3 Å². The number of carbonyl (C=O) groups is 1. The zero-order valence-electron chi connectivity index (χ0n) is 16.7. The summed E-state index contributed by atoms with van der Waals surface area (Å²) in [5, 5.41) is 24.4. The number of non-ortho nitro benzene ring substituents is 2. The smallest absolute Gasteiger partial charge is 0.277 e. The average Bonchev–Trinajstić information content (AvgIpc) is 2.78. The van der Waals surface area contributed by atoms with Crippen LogP contribution in [0.25, 0.3) is 0 Å². The van der Waals surface area contributed by atoms with Crippen LogP contribution in [-0.4, -0.2) is 41.2 Å². The van der Waals surface area contributed by atoms with Crippen molar-refractivity contribution in [2.75, 3.05) is 17.1 Å². The molecule has 0 fully saturated rings. The first kappa shape index (κ1) is 23.0. The van der Waals surface area contributed by atoms with Crippen LogP contribution in [0.4, 0.5) is 22.9 Å². The van der Waals surface area contributed by atoms with Crippen LogP contribution in [0.1, 0.15) is 10.4 Å². The quantitative estimate of drug-likeness (QED) is 0.361. The van der Waals surface area contributed by atoms with E-state index in [2.05, 4.69) is 20.0 Å². The molecule has 0 spiro atoms. The molecule has 3 aromatic rings. The number of sulfonamides is 1. The molecule has 0 saturated heterocycles. The average molecular weight is 474 g/mol. The molecular weight excluding hydrogens is 460 g/mol. The molecule has 170 valence electrons. The highest BCUT2D eigenvalue weighted by molar-refractivity contribution is 7.92. The van der Waals surface area contributed by atoms with Crippen molar-refractivity contribution >= 4 is 38.8 Å². The van der Waals surface area contributed by atoms with Gasteiger partial charge in [-0.15, -0.1) is 0 Å². The van der Waals surface area contributed by atoms with E-state index >= 15 is 0 Å². The van der Waals surface area contributed by atoms with Crippen molar-refractivity contribution in [3.63, 3.8) is 0 Å². The number of nitro groups is 2. The molecule has 0 unspecified atom stereocenters. The van der Waals surface area contributed by atoms with Gasteiger partial charge in [0.05, 0.1) is 33.5 Å². The summed E-state index contributed by atoms with van der Waals surface area (Å²) in [4.78, 5) is 40.1. The summed E-state index contributed by atoms with van der Waals surface area (Å²) in [7, 11) is -2.66. The zero-order valence-corrected chi connectivity index (χ0v) is 17.5. The van der Waals surface area contributed by atoms with E-state index in [9.17, 15) is 33.4 Å². The monoisotopic (exact) mass is 474 g/mol. The standard InChI is InChI=1S/C18H14N6O8S/c1-32-17-9-16(19-10-20-17)22-33(30,31)15-4-2-12(3-5-15)21-18(25)11-6-13(23(26)27)8-14(7-11)24(28)29/h2-10H,1H3,(H,21,25)(H,19,20,22). The first-order valence-electron chi connectivity index (χ1n) is 8.83. The van der Waals surface area contributed by atoms with Gasteiger partial charge >= 0.3 is 0 Å². The molecule has 0 aliphatic carbocycles. The fourth-order valence-electron chi connectivity index (χ4n) is 2.56. The maximum atomic E-state index is 12.5. The summed E-state index contributed by atoms with van der Waals surface area (Å²) < 4.78 is 32.2. The summed E-state index contributed by atoms with van der Waals surface area (Å²) >= 11 is 0. The number of carbonyl (C=O) groups excluding carboxylic acids is 1. The Balaban J connectivity index is 1.78. The number of ether oxygens (including phenoxy) is 1. The van der Waals surface area contributed by atoms with Crippen LogP contribution < -0.4 is 14.8 Å². The van der Waals surface area contributed by atoms with Crippen LogP contribution >= 0.6 is 0 Å². The van der Waals surface area contributed by atoms with E-state index < -0.39 is 37.2 Å². The highest BCUT2D eigenvalue weighted by Crippen LogP contribution is 2.24. The lowest BCUT2D eigenvalue weighted by atomic mass is 10.1. The summed E-state index contributed by atoms with van der Waals surface area (Å²) in [5.74, 6) is -0.725. The number of nitro benzene ring substituents is 2. The van der Waals surface area contributed by atoms with E-state index in [4.69, 9.17) is 4.74 Å². The molecule has 0 saturated carbocycles. The van der Waals surface area contributed by atoms with E-state index in [-0.39, 0.29) is 27.8 Å². The maximum absolute atomic E-state index is 12.5. The number of nitrogens with one attached hydrogen (secondary N) is 2. The van der Waals surface area contributed by atoms with E-state index in [1.807, 2.05) is 0 Å². The van der Waals surface area contributed by atoms with Gasteiger partial charge in [0.15, 0.2) is 0 Å². The highest BCUT2D eigenvalue weighted by Gasteiger charge is 2.20. The van der Waals surface area contributed by atoms with Crippen molar-refractivity contribution in [3.8, 4) is 5.88 Å². The molecule has 14 nitrogen and oxygen atoms in total. The van der Waals surface area contributed by atoms with Gasteiger partial charge in [-0.3, -0.25) is 29.7 Å². The lowest BCUT2D eigenvalue weighted by Gasteiger charge is -2.09. The van der Waals surface area contributed by atoms with E-state index in [1.54, 1.807) is 0 Å². The second-order valence-electron chi connectivity index (χ2n) is 6.28. The van der Waals surface area contributed by atoms with Crippen molar-refractivity contribution < 1.29 is 27.8 Å². The lowest BCUT2D eigenvalue weighted by molar-refractivity contribution is -0.394. The zero-order chi connectivity index (χ0) is 24.2. The minimum atomic E-state index is -4.02. The van der Waals surface area contributed by atoms with Gasteiger partial charge < -0.3 is 10.1 Å². The normalized spacial score (nSPS) is 10.8. The topological polar surface area (TPSA) is 197 Å². The number of benzene rings is 2. The van der Waals surface area contributed by atoms with E-state index in [0.717, 1.165) is 24.5 Å². The largest absolute Gasteiger partial charge is 0.481 e. The molecule has 0 aliphatic heterocycles. The summed E-state index contributed by atoms with van der Waals surface area (Å²) in [6.45, 7) is 0. The first-order valence-corrected chi connectivity index (χ1v) is 10.3. The molecule has 3 rings (SSSR count). The molecule has 1 aromatic heterocycles. The number of hydrogen-bond acceptors (Lipinski definition) is 10. The SMILES string of the molecule is COc1cc(NS(=O)(=O)c2ccc(NC(=O)c3cc([N+](=O)[O-])cc([N+](=O)[O-])c3)cc2)ncn1. The predicted molar refractivity (Wildman–Crippen MR) is 114 cm³/mol. The van der Waals surface area contributed by atoms with Crippen molar-refractivity contribution in [2.24, 2.45) is 0 Å². The Hall–Kier alpha value is -4.66. The maximum Gasteiger partial charge on any atom is 0.277 e. The fraction of sp³-hybridized carbons (Fsp3) is 0.0556. The Morgan fingerprint density at radius 3 is 2.12 bits per heavy atom. The van der Waals surface area contributed by atoms with Crippen LogP contribution in [0, 0.1) is 20.2 Å². The van der Waals surface area contributed by atoms with Gasteiger partial charge in [0.1, 0.15) is 12.1 Å². The Morgan fingerprint density at radius 2 is 1.58 bits per heavy atom. The van der Waals surface area contributed by atoms with Crippen molar-refractivity contribution in [1.29, 1.82) is 0 Å². The Kier molecular flexibility index (Phi) is 6.43. The number of rotatable bonds is 8. The van der Waals surface area contributed by atoms with E-state index in [0.29, 0.717) is 0 Å². The minimum absolute atomic E-state index is 0.0218. The molecule has 2 aromatic carbocycles. The molecule has 15 heteroatoms. The summed E-state index contributed by atoms with van der Waals surface area (Å²) in [5.41, 5.74) is -1.41. The predicted octanol–water partition coefficient (Wildman–Crippen LogP) is 2.35. The van der Waals surface area contributed by atoms with Crippen LogP contribution in [0.5, 0.6) is 5.88 Å². The van der Waals surface area contributed by atoms with Crippen LogP contribution in [0.15, 0.2) is 59.8 Å². The third-order valence-corrected chi connectivity index (χ3v) is 5.47. The van der Waals surface area contributed by atoms with Gasteiger partial charge in [0.2, 0.25) is 5.88 Å². The fourth-order valence-corrected chi connectivity index (χ4v) is 3.56. The molecule has 2 N–H and O–H groups in total. The molecule has 0 radical (unpaired) electrons. The number of anilines is 2. The number of methoxy groups -OCH3 is 1. The third kappa shape index (κ3) is 5.53. The summed E-state index contributed by atoms with van der Waals surface area (Å²) in [6.07, 6.45) is 1.12. The van der Waals surface area contributed by atoms with E-state index in [1.165, 1.54) is 37.4 Å². The molecule has 0 atom stereocenters. The number of hydrogen-bond donors (Lipinski definition) is 2. The third-order valence-electron chi connectivity index (χ3n) is 4.10. The van der Waals surface area contributed by atoms with Gasteiger partial charge in [-0.1, -0.05) is 0 Å². The van der Waals surface area contributed by atoms with Crippen molar-refractivity contribution in [2.45, 2.75) is 4.90 Å². The Bertz CT molecular complexity index is 1310. The molecule has 33 heavy (non-hydrogen) atoms. The van der Waals surface area contributed by atoms with Gasteiger partial charge in [0.25, 0.3) is 27.3 Å². The molecule has 1 heterocycles. The number of aromatic nitrogens is 2.